The Labute approximate surface area is 193 Å². The van der Waals surface area contributed by atoms with E-state index < -0.39 is 31.6 Å². The van der Waals surface area contributed by atoms with Crippen LogP contribution in [0.5, 0.6) is 17.2 Å². The summed E-state index contributed by atoms with van der Waals surface area (Å²) < 4.78 is 111. The van der Waals surface area contributed by atoms with Crippen molar-refractivity contribution in [2.45, 2.75) is 23.2 Å². The summed E-state index contributed by atoms with van der Waals surface area (Å²) in [5, 5.41) is 0. The molecule has 0 unspecified atom stereocenters. The predicted octanol–water partition coefficient (Wildman–Crippen LogP) is 1.57. The largest absolute Gasteiger partial charge is 0.512 e. The molecule has 0 radical (unpaired) electrons. The minimum Gasteiger partial charge on any atom is -0.487 e. The minimum absolute atomic E-state index is 0.0457. The van der Waals surface area contributed by atoms with E-state index in [0.717, 1.165) is 29.2 Å². The Morgan fingerprint density at radius 3 is 1.82 bits per heavy atom. The molecule has 190 valence electrons. The van der Waals surface area contributed by atoms with Crippen LogP contribution >= 0.6 is 0 Å². The van der Waals surface area contributed by atoms with Crippen LogP contribution in [-0.4, -0.2) is 74.5 Å². The van der Waals surface area contributed by atoms with Crippen LogP contribution in [-0.2, 0) is 40.7 Å². The maximum Gasteiger partial charge on any atom is 0.512 e. The number of ether oxygens (including phenoxy) is 4. The van der Waals surface area contributed by atoms with Crippen molar-refractivity contribution in [3.63, 3.8) is 0 Å². The lowest BCUT2D eigenvalue weighted by Gasteiger charge is -2.18. The van der Waals surface area contributed by atoms with Gasteiger partial charge >= 0.3 is 25.8 Å². The summed E-state index contributed by atoms with van der Waals surface area (Å²) >= 11 is 0. The fraction of sp³-hybridized carbons (Fsp3) is 0.647. The number of methoxy groups -OCH3 is 2. The first kappa shape index (κ1) is 27.8. The van der Waals surface area contributed by atoms with Crippen LogP contribution in [0.1, 0.15) is 12.8 Å². The van der Waals surface area contributed by atoms with Gasteiger partial charge in [0.1, 0.15) is 24.7 Å². The lowest BCUT2D eigenvalue weighted by atomic mass is 10.3. The normalized spacial score (nSPS) is 15.5. The monoisotopic (exact) mass is 540 g/mol. The van der Waals surface area contributed by atoms with Gasteiger partial charge in [-0.1, -0.05) is 4.13 Å². The molecule has 1 heterocycles. The first-order chi connectivity index (χ1) is 15.4. The Morgan fingerprint density at radius 2 is 1.39 bits per heavy atom. The molecule has 2 rings (SSSR count). The van der Waals surface area contributed by atoms with Crippen LogP contribution in [0.3, 0.4) is 0 Å². The highest BCUT2D eigenvalue weighted by atomic mass is 32.3. The van der Waals surface area contributed by atoms with Gasteiger partial charge in [0, 0.05) is 37.2 Å². The number of hydrogen-bond acceptors (Lipinski definition) is 9. The fourth-order valence-corrected chi connectivity index (χ4v) is 6.99. The smallest absolute Gasteiger partial charge is 0.487 e. The molecule has 10 nitrogen and oxygen atoms in total. The van der Waals surface area contributed by atoms with Gasteiger partial charge in [0.2, 0.25) is 5.75 Å². The molecular weight excluding hydrogens is 515 g/mol. The molecule has 1 N–H and O–H groups in total. The molecule has 33 heavy (non-hydrogen) atoms. The molecule has 0 spiro atoms. The van der Waals surface area contributed by atoms with Crippen molar-refractivity contribution in [1.29, 1.82) is 0 Å². The number of sulfonamides is 1. The van der Waals surface area contributed by atoms with E-state index in [9.17, 15) is 30.0 Å². The number of nitrogens with one attached hydrogen (secondary N) is 1. The second-order valence-electron chi connectivity index (χ2n) is 6.61. The molecule has 1 aliphatic rings. The van der Waals surface area contributed by atoms with Crippen LogP contribution in [0.25, 0.3) is 0 Å². The van der Waals surface area contributed by atoms with Gasteiger partial charge in [-0.05, 0) is 12.8 Å². The van der Waals surface area contributed by atoms with E-state index in [4.69, 9.17) is 23.1 Å². The van der Waals surface area contributed by atoms with Crippen LogP contribution in [0.4, 0.5) is 13.2 Å². The molecule has 0 aliphatic carbocycles. The number of benzene rings is 1. The van der Waals surface area contributed by atoms with E-state index in [2.05, 4.69) is 0 Å². The predicted molar refractivity (Wildman–Crippen MR) is 113 cm³/mol. The Morgan fingerprint density at radius 1 is 0.909 bits per heavy atom. The van der Waals surface area contributed by atoms with Gasteiger partial charge in [-0.15, -0.1) is 0 Å². The summed E-state index contributed by atoms with van der Waals surface area (Å²) in [7, 11) is -9.09. The summed E-state index contributed by atoms with van der Waals surface area (Å²) in [4.78, 5) is 0.785. The second kappa shape index (κ2) is 11.8. The SMILES string of the molecule is COCCOc1cc([S+]2CCCC2)cc(OCCOC)c1OS(=O)(=O)NS(=O)(=O)C(F)(F)F. The van der Waals surface area contributed by atoms with E-state index in [1.54, 1.807) is 0 Å². The maximum atomic E-state index is 12.7. The molecule has 0 atom stereocenters. The first-order valence-corrected chi connectivity index (χ1v) is 14.0. The third-order valence-electron chi connectivity index (χ3n) is 4.16. The molecular formula is C17H25F3NO9S3+. The Kier molecular flexibility index (Phi) is 9.93. The molecule has 1 aromatic carbocycles. The van der Waals surface area contributed by atoms with Gasteiger partial charge in [0.05, 0.1) is 13.2 Å². The number of halogens is 3. The second-order valence-corrected chi connectivity index (χ2v) is 12.1. The first-order valence-electron chi connectivity index (χ1n) is 9.53. The van der Waals surface area contributed by atoms with E-state index in [1.807, 2.05) is 0 Å². The van der Waals surface area contributed by atoms with Crippen molar-refractivity contribution in [2.75, 3.05) is 52.2 Å². The lowest BCUT2D eigenvalue weighted by Crippen LogP contribution is -2.42. The highest BCUT2D eigenvalue weighted by Crippen LogP contribution is 2.42. The van der Waals surface area contributed by atoms with E-state index in [-0.39, 0.29) is 48.8 Å². The lowest BCUT2D eigenvalue weighted by molar-refractivity contribution is -0.0442. The van der Waals surface area contributed by atoms with Crippen LogP contribution < -0.4 is 17.8 Å². The Bertz CT molecular complexity index is 964. The van der Waals surface area contributed by atoms with Crippen molar-refractivity contribution in [1.82, 2.24) is 4.13 Å². The molecule has 1 fully saturated rings. The number of rotatable bonds is 13. The molecule has 16 heteroatoms. The Balaban J connectivity index is 2.48. The standard InChI is InChI=1S/C17H25F3NO9S3/c1-26-5-7-28-14-11-13(31-9-3-4-10-31)12-15(29-8-6-27-2)16(14)30-33(24,25)21-32(22,23)17(18,19)20/h11-12,21H,3-10H2,1-2H3/q+1. The summed E-state index contributed by atoms with van der Waals surface area (Å²) in [5.74, 6) is 0.911. The zero-order valence-corrected chi connectivity index (χ0v) is 20.3. The van der Waals surface area contributed by atoms with Gasteiger partial charge in [-0.2, -0.15) is 21.6 Å². The van der Waals surface area contributed by atoms with Crippen molar-refractivity contribution in [3.05, 3.63) is 12.1 Å². The summed E-state index contributed by atoms with van der Waals surface area (Å²) in [6.45, 7) is 0.136. The topological polar surface area (TPSA) is 126 Å². The number of hydrogen-bond donors (Lipinski definition) is 1. The van der Waals surface area contributed by atoms with Crippen molar-refractivity contribution >= 4 is 31.2 Å². The zero-order valence-electron chi connectivity index (χ0n) is 17.8. The molecule has 0 saturated carbocycles. The number of alkyl halides is 3. The molecule has 0 bridgehead atoms. The van der Waals surface area contributed by atoms with Gasteiger partial charge in [0.15, 0.2) is 16.4 Å². The molecule has 1 aliphatic heterocycles. The molecule has 1 aromatic rings. The highest BCUT2D eigenvalue weighted by Gasteiger charge is 2.49. The molecule has 1 saturated heterocycles. The van der Waals surface area contributed by atoms with E-state index >= 15 is 0 Å². The quantitative estimate of drug-likeness (QED) is 0.293. The average molecular weight is 541 g/mol. The zero-order chi connectivity index (χ0) is 24.7. The Hall–Kier alpha value is -1.46. The van der Waals surface area contributed by atoms with Gasteiger partial charge in [-0.25, -0.2) is 8.42 Å². The highest BCUT2D eigenvalue weighted by molar-refractivity contribution is 8.03. The summed E-state index contributed by atoms with van der Waals surface area (Å²) in [5.41, 5.74) is -5.87. The maximum absolute atomic E-state index is 12.7. The van der Waals surface area contributed by atoms with Crippen molar-refractivity contribution in [3.8, 4) is 17.2 Å². The van der Waals surface area contributed by atoms with Gasteiger partial charge in [0.25, 0.3) is 0 Å². The molecule has 0 amide bonds. The summed E-state index contributed by atoms with van der Waals surface area (Å²) in [6, 6.07) is 3.02. The van der Waals surface area contributed by atoms with Gasteiger partial charge in [-0.3, -0.25) is 0 Å². The van der Waals surface area contributed by atoms with Crippen LogP contribution in [0.15, 0.2) is 17.0 Å². The molecule has 0 aromatic heterocycles. The van der Waals surface area contributed by atoms with E-state index in [0.29, 0.717) is 4.13 Å². The minimum atomic E-state index is -6.25. The fourth-order valence-electron chi connectivity index (χ4n) is 2.68. The van der Waals surface area contributed by atoms with Crippen LogP contribution in [0.2, 0.25) is 0 Å². The van der Waals surface area contributed by atoms with E-state index in [1.165, 1.54) is 26.4 Å². The summed E-state index contributed by atoms with van der Waals surface area (Å²) in [6.07, 6.45) is 2.02. The van der Waals surface area contributed by atoms with Crippen LogP contribution in [0, 0.1) is 0 Å². The van der Waals surface area contributed by atoms with Crippen molar-refractivity contribution < 1.29 is 53.1 Å². The third kappa shape index (κ3) is 8.06. The van der Waals surface area contributed by atoms with Gasteiger partial charge < -0.3 is 23.1 Å². The van der Waals surface area contributed by atoms with Crippen molar-refractivity contribution in [2.24, 2.45) is 0 Å². The average Bonchev–Trinajstić information content (AvgIpc) is 3.23. The third-order valence-corrected chi connectivity index (χ3v) is 9.31.